The second-order valence-electron chi connectivity index (χ2n) is 5.91. The third kappa shape index (κ3) is 2.61. The van der Waals surface area contributed by atoms with Gasteiger partial charge in [0.1, 0.15) is 0 Å². The quantitative estimate of drug-likeness (QED) is 0.915. The summed E-state index contributed by atoms with van der Waals surface area (Å²) in [6.45, 7) is 1.85. The minimum absolute atomic E-state index is 0.660. The molecule has 19 heavy (non-hydrogen) atoms. The van der Waals surface area contributed by atoms with Crippen molar-refractivity contribution in [1.29, 1.82) is 0 Å². The molecule has 0 amide bonds. The van der Waals surface area contributed by atoms with E-state index in [1.165, 1.54) is 49.9 Å². The van der Waals surface area contributed by atoms with Crippen LogP contribution >= 0.6 is 11.6 Å². The van der Waals surface area contributed by atoms with E-state index in [0.29, 0.717) is 6.54 Å². The van der Waals surface area contributed by atoms with E-state index in [2.05, 4.69) is 23.1 Å². The highest BCUT2D eigenvalue weighted by molar-refractivity contribution is 6.31. The third-order valence-electron chi connectivity index (χ3n) is 4.78. The average molecular weight is 279 g/mol. The van der Waals surface area contributed by atoms with Gasteiger partial charge in [0.2, 0.25) is 0 Å². The van der Waals surface area contributed by atoms with Gasteiger partial charge in [-0.25, -0.2) is 0 Å². The van der Waals surface area contributed by atoms with Crippen LogP contribution < -0.4 is 10.6 Å². The van der Waals surface area contributed by atoms with E-state index in [0.717, 1.165) is 23.4 Å². The fraction of sp³-hybridized carbons (Fsp3) is 0.625. The van der Waals surface area contributed by atoms with Gasteiger partial charge < -0.3 is 10.6 Å². The van der Waals surface area contributed by atoms with Gasteiger partial charge in [0.25, 0.3) is 0 Å². The molecule has 2 atom stereocenters. The van der Waals surface area contributed by atoms with E-state index in [1.54, 1.807) is 0 Å². The largest absolute Gasteiger partial charge is 0.368 e. The summed E-state index contributed by atoms with van der Waals surface area (Å²) < 4.78 is 0. The summed E-state index contributed by atoms with van der Waals surface area (Å²) in [5, 5.41) is 0.878. The number of rotatable bonds is 3. The Labute approximate surface area is 120 Å². The lowest BCUT2D eigenvalue weighted by atomic mass is 9.91. The topological polar surface area (TPSA) is 29.3 Å². The molecule has 104 valence electrons. The number of piperidine rings is 1. The zero-order valence-corrected chi connectivity index (χ0v) is 12.2. The molecule has 2 fully saturated rings. The number of hydrogen-bond acceptors (Lipinski definition) is 2. The van der Waals surface area contributed by atoms with E-state index < -0.39 is 0 Å². The number of benzene rings is 1. The van der Waals surface area contributed by atoms with E-state index in [-0.39, 0.29) is 0 Å². The van der Waals surface area contributed by atoms with Gasteiger partial charge >= 0.3 is 0 Å². The second-order valence-corrected chi connectivity index (χ2v) is 6.32. The summed E-state index contributed by atoms with van der Waals surface area (Å²) in [6, 6.07) is 7.29. The van der Waals surface area contributed by atoms with Crippen molar-refractivity contribution in [2.45, 2.75) is 44.6 Å². The maximum Gasteiger partial charge on any atom is 0.0459 e. The van der Waals surface area contributed by atoms with Crippen molar-refractivity contribution in [3.8, 4) is 0 Å². The summed E-state index contributed by atoms with van der Waals surface area (Å²) in [5.74, 6) is 0.913. The lowest BCUT2D eigenvalue weighted by Gasteiger charge is -2.39. The lowest BCUT2D eigenvalue weighted by molar-refractivity contribution is 0.362. The Hall–Kier alpha value is -0.730. The summed E-state index contributed by atoms with van der Waals surface area (Å²) in [7, 11) is 0. The van der Waals surface area contributed by atoms with Crippen LogP contribution in [0, 0.1) is 5.92 Å². The molecular formula is C16H23ClN2. The third-order valence-corrected chi connectivity index (χ3v) is 5.13. The van der Waals surface area contributed by atoms with Gasteiger partial charge in [0.15, 0.2) is 0 Å². The Bertz CT molecular complexity index is 446. The number of hydrogen-bond donors (Lipinski definition) is 1. The summed E-state index contributed by atoms with van der Waals surface area (Å²) >= 11 is 6.39. The first kappa shape index (κ1) is 13.3. The molecule has 3 rings (SSSR count). The van der Waals surface area contributed by atoms with Crippen molar-refractivity contribution < 1.29 is 0 Å². The maximum atomic E-state index is 6.39. The number of nitrogens with two attached hydrogens (primary N) is 1. The molecule has 1 aromatic carbocycles. The van der Waals surface area contributed by atoms with Gasteiger partial charge in [-0.15, -0.1) is 0 Å². The van der Waals surface area contributed by atoms with Crippen LogP contribution in [0.5, 0.6) is 0 Å². The SMILES string of the molecule is NCCc1ccc(N2CCCC3CCCC32)cc1Cl. The Balaban J connectivity index is 1.83. The molecule has 1 saturated carbocycles. The average Bonchev–Trinajstić information content (AvgIpc) is 2.89. The Morgan fingerprint density at radius 1 is 1.21 bits per heavy atom. The van der Waals surface area contributed by atoms with E-state index in [4.69, 9.17) is 17.3 Å². The van der Waals surface area contributed by atoms with Crippen LogP contribution in [0.3, 0.4) is 0 Å². The summed E-state index contributed by atoms with van der Waals surface area (Å²) in [6.07, 6.45) is 7.77. The van der Waals surface area contributed by atoms with Crippen molar-refractivity contribution in [3.05, 3.63) is 28.8 Å². The summed E-state index contributed by atoms with van der Waals surface area (Å²) in [4.78, 5) is 2.60. The first-order valence-corrected chi connectivity index (χ1v) is 7.92. The molecule has 1 heterocycles. The fourth-order valence-corrected chi connectivity index (χ4v) is 4.12. The predicted molar refractivity (Wildman–Crippen MR) is 81.9 cm³/mol. The molecule has 2 nitrogen and oxygen atoms in total. The first-order chi connectivity index (χ1) is 9.29. The van der Waals surface area contributed by atoms with Crippen LogP contribution in [0.1, 0.15) is 37.7 Å². The zero-order chi connectivity index (χ0) is 13.2. The minimum Gasteiger partial charge on any atom is -0.368 e. The Morgan fingerprint density at radius 2 is 2.05 bits per heavy atom. The number of nitrogens with zero attached hydrogens (tertiary/aromatic N) is 1. The zero-order valence-electron chi connectivity index (χ0n) is 11.4. The smallest absolute Gasteiger partial charge is 0.0459 e. The van der Waals surface area contributed by atoms with Crippen LogP contribution in [0.2, 0.25) is 5.02 Å². The van der Waals surface area contributed by atoms with Crippen LogP contribution in [0.25, 0.3) is 0 Å². The molecule has 1 aliphatic heterocycles. The van der Waals surface area contributed by atoms with Gasteiger partial charge in [-0.3, -0.25) is 0 Å². The molecule has 2 unspecified atom stereocenters. The molecule has 0 spiro atoms. The van der Waals surface area contributed by atoms with Gasteiger partial charge in [-0.2, -0.15) is 0 Å². The molecule has 0 radical (unpaired) electrons. The lowest BCUT2D eigenvalue weighted by Crippen LogP contribution is -2.42. The molecule has 1 aliphatic carbocycles. The first-order valence-electron chi connectivity index (χ1n) is 7.54. The molecule has 2 N–H and O–H groups in total. The Morgan fingerprint density at radius 3 is 2.84 bits per heavy atom. The highest BCUT2D eigenvalue weighted by atomic mass is 35.5. The Kier molecular flexibility index (Phi) is 3.99. The monoisotopic (exact) mass is 278 g/mol. The predicted octanol–water partition coefficient (Wildman–Crippen LogP) is 3.61. The van der Waals surface area contributed by atoms with Crippen molar-refractivity contribution in [1.82, 2.24) is 0 Å². The van der Waals surface area contributed by atoms with E-state index in [1.807, 2.05) is 0 Å². The molecule has 2 aliphatic rings. The number of fused-ring (bicyclic) bond motifs is 1. The van der Waals surface area contributed by atoms with Gasteiger partial charge in [-0.1, -0.05) is 24.1 Å². The molecule has 0 aromatic heterocycles. The van der Waals surface area contributed by atoms with Crippen molar-refractivity contribution in [2.75, 3.05) is 18.0 Å². The minimum atomic E-state index is 0.660. The molecule has 1 aromatic rings. The fourth-order valence-electron chi connectivity index (χ4n) is 3.85. The van der Waals surface area contributed by atoms with Gasteiger partial charge in [0.05, 0.1) is 0 Å². The van der Waals surface area contributed by atoms with E-state index >= 15 is 0 Å². The molecule has 3 heteroatoms. The van der Waals surface area contributed by atoms with Crippen LogP contribution in [0.4, 0.5) is 5.69 Å². The maximum absolute atomic E-state index is 6.39. The molecule has 1 saturated heterocycles. The number of anilines is 1. The van der Waals surface area contributed by atoms with Crippen LogP contribution in [-0.4, -0.2) is 19.1 Å². The number of halogens is 1. The highest BCUT2D eigenvalue weighted by Gasteiger charge is 2.35. The van der Waals surface area contributed by atoms with Crippen molar-refractivity contribution in [3.63, 3.8) is 0 Å². The van der Waals surface area contributed by atoms with E-state index in [9.17, 15) is 0 Å². The van der Waals surface area contributed by atoms with Gasteiger partial charge in [0, 0.05) is 23.3 Å². The van der Waals surface area contributed by atoms with Crippen molar-refractivity contribution in [2.24, 2.45) is 11.7 Å². The summed E-state index contributed by atoms with van der Waals surface area (Å²) in [5.41, 5.74) is 8.09. The van der Waals surface area contributed by atoms with Crippen molar-refractivity contribution >= 4 is 17.3 Å². The van der Waals surface area contributed by atoms with Gasteiger partial charge in [-0.05, 0) is 62.3 Å². The highest BCUT2D eigenvalue weighted by Crippen LogP contribution is 2.39. The second kappa shape index (κ2) is 5.72. The standard InChI is InChI=1S/C16H23ClN2/c17-15-11-14(7-6-12(15)8-9-18)19-10-2-4-13-3-1-5-16(13)19/h6-7,11,13,16H,1-5,8-10,18H2. The normalized spacial score (nSPS) is 26.5. The molecule has 0 bridgehead atoms. The van der Waals surface area contributed by atoms with Crippen LogP contribution in [-0.2, 0) is 6.42 Å². The van der Waals surface area contributed by atoms with Crippen LogP contribution in [0.15, 0.2) is 18.2 Å². The molecular weight excluding hydrogens is 256 g/mol.